The molecule has 0 rings (SSSR count). The van der Waals surface area contributed by atoms with Crippen molar-refractivity contribution in [2.45, 2.75) is 25.7 Å². The summed E-state index contributed by atoms with van der Waals surface area (Å²) in [6, 6.07) is 0. The Morgan fingerprint density at radius 1 is 0.867 bits per heavy atom. The van der Waals surface area contributed by atoms with E-state index in [-0.39, 0.29) is 12.4 Å². The van der Waals surface area contributed by atoms with E-state index in [4.69, 9.17) is 9.11 Å². The molecule has 0 aromatic rings. The van der Waals surface area contributed by atoms with Gasteiger partial charge < -0.3 is 0 Å². The maximum atomic E-state index is 10.3. The van der Waals surface area contributed by atoms with Gasteiger partial charge in [-0.25, -0.2) is 4.18 Å². The Labute approximate surface area is 89.1 Å². The summed E-state index contributed by atoms with van der Waals surface area (Å²) < 4.78 is 61.2. The van der Waals surface area contributed by atoms with Gasteiger partial charge in [0.05, 0.1) is 12.4 Å². The average molecular weight is 262 g/mol. The topological polar surface area (TPSA) is 118 Å². The van der Waals surface area contributed by atoms with Gasteiger partial charge in [0.25, 0.3) is 10.1 Å². The molecule has 92 valence electrons. The fourth-order valence-corrected chi connectivity index (χ4v) is 1.80. The van der Waals surface area contributed by atoms with Crippen molar-refractivity contribution in [2.75, 3.05) is 12.4 Å². The Morgan fingerprint density at radius 3 is 1.87 bits per heavy atom. The second-order valence-electron chi connectivity index (χ2n) is 2.95. The van der Waals surface area contributed by atoms with Crippen LogP contribution in [0.25, 0.3) is 0 Å². The van der Waals surface area contributed by atoms with Crippen molar-refractivity contribution < 1.29 is 30.1 Å². The molecule has 7 nitrogen and oxygen atoms in total. The molecule has 2 N–H and O–H groups in total. The van der Waals surface area contributed by atoms with E-state index in [0.717, 1.165) is 0 Å². The quantitative estimate of drug-likeness (QED) is 0.475. The van der Waals surface area contributed by atoms with Crippen molar-refractivity contribution in [1.82, 2.24) is 0 Å². The van der Waals surface area contributed by atoms with Crippen LogP contribution in [0.1, 0.15) is 25.7 Å². The molecule has 0 aliphatic rings. The van der Waals surface area contributed by atoms with E-state index in [2.05, 4.69) is 4.18 Å². The third kappa shape index (κ3) is 13.8. The van der Waals surface area contributed by atoms with Crippen LogP contribution < -0.4 is 0 Å². The standard InChI is InChI=1S/C6H14O7S2/c7-14(8,9)6-4-2-1-3-5-13-15(10,11)12/h1-6H2,(H,7,8,9)(H,10,11,12). The van der Waals surface area contributed by atoms with E-state index in [1.165, 1.54) is 0 Å². The van der Waals surface area contributed by atoms with Crippen LogP contribution >= 0.6 is 0 Å². The highest BCUT2D eigenvalue weighted by molar-refractivity contribution is 7.85. The van der Waals surface area contributed by atoms with Gasteiger partial charge in [0.2, 0.25) is 0 Å². The van der Waals surface area contributed by atoms with E-state index in [1.807, 2.05) is 0 Å². The van der Waals surface area contributed by atoms with Crippen LogP contribution in [0.4, 0.5) is 0 Å². The summed E-state index contributed by atoms with van der Waals surface area (Å²) in [6.07, 6.45) is 1.80. The second-order valence-corrected chi connectivity index (χ2v) is 5.61. The van der Waals surface area contributed by atoms with Gasteiger partial charge in [0.1, 0.15) is 0 Å². The third-order valence-corrected chi connectivity index (χ3v) is 2.80. The number of unbranched alkanes of at least 4 members (excludes halogenated alkanes) is 3. The Morgan fingerprint density at radius 2 is 1.40 bits per heavy atom. The van der Waals surface area contributed by atoms with Crippen molar-refractivity contribution in [3.05, 3.63) is 0 Å². The minimum atomic E-state index is -4.38. The minimum absolute atomic E-state index is 0.134. The molecule has 0 saturated carbocycles. The summed E-state index contributed by atoms with van der Waals surface area (Å²) in [6.45, 7) is -0.134. The lowest BCUT2D eigenvalue weighted by molar-refractivity contribution is 0.262. The highest BCUT2D eigenvalue weighted by atomic mass is 32.3. The van der Waals surface area contributed by atoms with Gasteiger partial charge in [0.15, 0.2) is 0 Å². The molecule has 0 unspecified atom stereocenters. The van der Waals surface area contributed by atoms with Crippen LogP contribution in [-0.4, -0.2) is 38.3 Å². The summed E-state index contributed by atoms with van der Waals surface area (Å²) in [5, 5.41) is 0. The van der Waals surface area contributed by atoms with E-state index < -0.39 is 20.5 Å². The molecule has 0 radical (unpaired) electrons. The summed E-state index contributed by atoms with van der Waals surface area (Å²) in [5.41, 5.74) is 0. The minimum Gasteiger partial charge on any atom is -0.286 e. The van der Waals surface area contributed by atoms with E-state index in [0.29, 0.717) is 25.7 Å². The first-order chi connectivity index (χ1) is 6.71. The Balaban J connectivity index is 3.34. The molecule has 15 heavy (non-hydrogen) atoms. The maximum Gasteiger partial charge on any atom is 0.397 e. The largest absolute Gasteiger partial charge is 0.397 e. The van der Waals surface area contributed by atoms with Gasteiger partial charge >= 0.3 is 10.4 Å². The van der Waals surface area contributed by atoms with Gasteiger partial charge in [-0.2, -0.15) is 16.8 Å². The van der Waals surface area contributed by atoms with Crippen LogP contribution in [0.5, 0.6) is 0 Å². The Kier molecular flexibility index (Phi) is 6.29. The average Bonchev–Trinajstić information content (AvgIpc) is 1.98. The van der Waals surface area contributed by atoms with Crippen LogP contribution in [0.3, 0.4) is 0 Å². The SMILES string of the molecule is O=S(=O)(O)CCCCCCOS(=O)(=O)O. The zero-order valence-electron chi connectivity index (χ0n) is 7.99. The number of hydrogen-bond donors (Lipinski definition) is 2. The lowest BCUT2D eigenvalue weighted by Gasteiger charge is -2.00. The molecule has 0 amide bonds. The van der Waals surface area contributed by atoms with Crippen molar-refractivity contribution >= 4 is 20.5 Å². The lowest BCUT2D eigenvalue weighted by Crippen LogP contribution is -2.05. The van der Waals surface area contributed by atoms with Crippen molar-refractivity contribution in [2.24, 2.45) is 0 Å². The fraction of sp³-hybridized carbons (Fsp3) is 1.00. The molecule has 0 aliphatic carbocycles. The van der Waals surface area contributed by atoms with Gasteiger partial charge in [-0.1, -0.05) is 12.8 Å². The molecular weight excluding hydrogens is 248 g/mol. The normalized spacial score (nSPS) is 12.9. The zero-order valence-corrected chi connectivity index (χ0v) is 9.63. The number of hydrogen-bond acceptors (Lipinski definition) is 5. The molecule has 0 bridgehead atoms. The molecule has 0 spiro atoms. The molecular formula is C6H14O7S2. The van der Waals surface area contributed by atoms with Gasteiger partial charge in [-0.15, -0.1) is 0 Å². The number of rotatable bonds is 8. The smallest absolute Gasteiger partial charge is 0.286 e. The highest BCUT2D eigenvalue weighted by Crippen LogP contribution is 2.02. The van der Waals surface area contributed by atoms with E-state index in [1.54, 1.807) is 0 Å². The predicted molar refractivity (Wildman–Crippen MR) is 52.4 cm³/mol. The molecule has 9 heteroatoms. The summed E-state index contributed by atoms with van der Waals surface area (Å²) in [5.74, 6) is -0.299. The zero-order chi connectivity index (χ0) is 11.9. The molecule has 0 aromatic carbocycles. The molecule has 0 aliphatic heterocycles. The van der Waals surface area contributed by atoms with Crippen molar-refractivity contribution in [3.8, 4) is 0 Å². The highest BCUT2D eigenvalue weighted by Gasteiger charge is 2.04. The summed E-state index contributed by atoms with van der Waals surface area (Å²) >= 11 is 0. The first kappa shape index (κ1) is 14.8. The molecule has 0 heterocycles. The van der Waals surface area contributed by atoms with Crippen LogP contribution in [-0.2, 0) is 24.7 Å². The van der Waals surface area contributed by atoms with E-state index in [9.17, 15) is 16.8 Å². The maximum absolute atomic E-state index is 10.3. The molecule has 0 aromatic heterocycles. The Hall–Kier alpha value is -0.220. The second kappa shape index (κ2) is 6.38. The fourth-order valence-electron chi connectivity index (χ4n) is 0.904. The monoisotopic (exact) mass is 262 g/mol. The molecule has 0 atom stereocenters. The van der Waals surface area contributed by atoms with Gasteiger partial charge in [-0.05, 0) is 12.8 Å². The molecule has 0 saturated heterocycles. The van der Waals surface area contributed by atoms with Crippen molar-refractivity contribution in [3.63, 3.8) is 0 Å². The molecule has 0 fully saturated rings. The van der Waals surface area contributed by atoms with E-state index >= 15 is 0 Å². The Bertz CT molecular complexity index is 319. The summed E-state index contributed by atoms with van der Waals surface area (Å²) in [7, 11) is -8.28. The first-order valence-electron chi connectivity index (χ1n) is 4.28. The first-order valence-corrected chi connectivity index (χ1v) is 7.25. The predicted octanol–water partition coefficient (Wildman–Crippen LogP) is 0.254. The van der Waals surface area contributed by atoms with Gasteiger partial charge in [-0.3, -0.25) is 9.11 Å². The third-order valence-electron chi connectivity index (χ3n) is 1.53. The van der Waals surface area contributed by atoms with Crippen LogP contribution in [0, 0.1) is 0 Å². The van der Waals surface area contributed by atoms with Crippen molar-refractivity contribution in [1.29, 1.82) is 0 Å². The summed E-state index contributed by atoms with van der Waals surface area (Å²) in [4.78, 5) is 0. The van der Waals surface area contributed by atoms with Crippen LogP contribution in [0.15, 0.2) is 0 Å². The van der Waals surface area contributed by atoms with Gasteiger partial charge in [0, 0.05) is 0 Å². The van der Waals surface area contributed by atoms with Crippen LogP contribution in [0.2, 0.25) is 0 Å². The lowest BCUT2D eigenvalue weighted by atomic mass is 10.2.